The molecule has 1 aromatic heterocycles. The molecule has 33 heavy (non-hydrogen) atoms. The van der Waals surface area contributed by atoms with Gasteiger partial charge in [0.05, 0.1) is 16.3 Å². The fourth-order valence-electron chi connectivity index (χ4n) is 3.22. The summed E-state index contributed by atoms with van der Waals surface area (Å²) in [4.78, 5) is 22.9. The van der Waals surface area contributed by atoms with Crippen molar-refractivity contribution in [3.63, 3.8) is 0 Å². The van der Waals surface area contributed by atoms with Gasteiger partial charge in [0.25, 0.3) is 5.91 Å². The van der Waals surface area contributed by atoms with Crippen molar-refractivity contribution in [2.24, 2.45) is 0 Å². The molecule has 3 aromatic carbocycles. The number of benzene rings is 3. The third kappa shape index (κ3) is 5.21. The van der Waals surface area contributed by atoms with Crippen molar-refractivity contribution in [2.75, 3.05) is 6.61 Å². The van der Waals surface area contributed by atoms with Gasteiger partial charge in [-0.15, -0.1) is 0 Å². The van der Waals surface area contributed by atoms with E-state index in [1.807, 2.05) is 30.3 Å². The van der Waals surface area contributed by atoms with Gasteiger partial charge in [0.2, 0.25) is 0 Å². The standard InChI is InChI=1S/C24H19FN4O4/c25-19-12-10-17(11-13-19)24-18(15-28(27-24)20-6-2-1-3-7-20)14-26-23(30)16-33-22-9-5-4-8-21(22)29(31)32/h1-13,15H,14,16H2,(H,26,30). The lowest BCUT2D eigenvalue weighted by Gasteiger charge is -2.08. The summed E-state index contributed by atoms with van der Waals surface area (Å²) in [6, 6.07) is 21.2. The van der Waals surface area contributed by atoms with Crippen molar-refractivity contribution in [2.45, 2.75) is 6.54 Å². The van der Waals surface area contributed by atoms with E-state index < -0.39 is 10.8 Å². The summed E-state index contributed by atoms with van der Waals surface area (Å²) in [6.07, 6.45) is 1.79. The lowest BCUT2D eigenvalue weighted by molar-refractivity contribution is -0.385. The Hall–Kier alpha value is -4.53. The summed E-state index contributed by atoms with van der Waals surface area (Å²) in [7, 11) is 0. The monoisotopic (exact) mass is 446 g/mol. The first kappa shape index (κ1) is 21.7. The fraction of sp³-hybridized carbons (Fsp3) is 0.0833. The van der Waals surface area contributed by atoms with Gasteiger partial charge in [-0.05, 0) is 42.5 Å². The van der Waals surface area contributed by atoms with E-state index >= 15 is 0 Å². The number of halogens is 1. The van der Waals surface area contributed by atoms with E-state index in [2.05, 4.69) is 10.4 Å². The molecule has 0 fully saturated rings. The summed E-state index contributed by atoms with van der Waals surface area (Å²) in [5.41, 5.74) is 2.63. The van der Waals surface area contributed by atoms with Gasteiger partial charge in [0.1, 0.15) is 5.82 Å². The van der Waals surface area contributed by atoms with Crippen molar-refractivity contribution < 1.29 is 18.8 Å². The molecule has 4 aromatic rings. The number of nitro benzene ring substituents is 1. The van der Waals surface area contributed by atoms with E-state index in [0.717, 1.165) is 5.69 Å². The number of ether oxygens (including phenoxy) is 1. The second-order valence-electron chi connectivity index (χ2n) is 7.08. The van der Waals surface area contributed by atoms with Gasteiger partial charge in [-0.2, -0.15) is 5.10 Å². The first-order chi connectivity index (χ1) is 16.0. The number of amides is 1. The van der Waals surface area contributed by atoms with E-state index in [1.54, 1.807) is 29.1 Å². The SMILES string of the molecule is O=C(COc1ccccc1[N+](=O)[O-])NCc1cn(-c2ccccc2)nc1-c1ccc(F)cc1. The largest absolute Gasteiger partial charge is 0.477 e. The molecule has 0 aliphatic heterocycles. The average Bonchev–Trinajstić information content (AvgIpc) is 3.27. The Morgan fingerprint density at radius 1 is 1.03 bits per heavy atom. The van der Waals surface area contributed by atoms with E-state index in [0.29, 0.717) is 16.8 Å². The third-order valence-electron chi connectivity index (χ3n) is 4.83. The van der Waals surface area contributed by atoms with Crippen molar-refractivity contribution in [1.82, 2.24) is 15.1 Å². The smallest absolute Gasteiger partial charge is 0.310 e. The van der Waals surface area contributed by atoms with Gasteiger partial charge in [0.15, 0.2) is 12.4 Å². The van der Waals surface area contributed by atoms with Gasteiger partial charge >= 0.3 is 5.69 Å². The Morgan fingerprint density at radius 3 is 2.45 bits per heavy atom. The first-order valence-corrected chi connectivity index (χ1v) is 10.0. The summed E-state index contributed by atoms with van der Waals surface area (Å²) < 4.78 is 20.4. The molecule has 0 saturated heterocycles. The van der Waals surface area contributed by atoms with Crippen LogP contribution in [0.3, 0.4) is 0 Å². The van der Waals surface area contributed by atoms with Crippen molar-refractivity contribution in [1.29, 1.82) is 0 Å². The molecule has 0 radical (unpaired) electrons. The van der Waals surface area contributed by atoms with Crippen LogP contribution in [0.25, 0.3) is 16.9 Å². The van der Waals surface area contributed by atoms with E-state index in [-0.39, 0.29) is 30.4 Å². The summed E-state index contributed by atoms with van der Waals surface area (Å²) in [5.74, 6) is -0.796. The van der Waals surface area contributed by atoms with Crippen molar-refractivity contribution >= 4 is 11.6 Å². The molecule has 166 valence electrons. The molecule has 1 heterocycles. The number of nitro groups is 1. The zero-order chi connectivity index (χ0) is 23.2. The van der Waals surface area contributed by atoms with Crippen molar-refractivity contribution in [3.8, 4) is 22.7 Å². The van der Waals surface area contributed by atoms with E-state index in [1.165, 1.54) is 30.3 Å². The number of hydrogen-bond donors (Lipinski definition) is 1. The highest BCUT2D eigenvalue weighted by atomic mass is 19.1. The van der Waals surface area contributed by atoms with Crippen LogP contribution in [0.5, 0.6) is 5.75 Å². The minimum absolute atomic E-state index is 0.0153. The Morgan fingerprint density at radius 2 is 1.73 bits per heavy atom. The molecule has 0 aliphatic rings. The van der Waals surface area contributed by atoms with Crippen LogP contribution in [0.1, 0.15) is 5.56 Å². The number of nitrogens with zero attached hydrogens (tertiary/aromatic N) is 3. The summed E-state index contributed by atoms with van der Waals surface area (Å²) >= 11 is 0. The van der Waals surface area contributed by atoms with Crippen molar-refractivity contribution in [3.05, 3.63) is 107 Å². The molecule has 0 bridgehead atoms. The summed E-state index contributed by atoms with van der Waals surface area (Å²) in [6.45, 7) is -0.248. The Kier molecular flexibility index (Phi) is 6.40. The Labute approximate surface area is 188 Å². The van der Waals surface area contributed by atoms with Crippen LogP contribution in [0.2, 0.25) is 0 Å². The number of nitrogens with one attached hydrogen (secondary N) is 1. The average molecular weight is 446 g/mol. The highest BCUT2D eigenvalue weighted by Gasteiger charge is 2.16. The molecule has 1 amide bonds. The van der Waals surface area contributed by atoms with Crippen LogP contribution < -0.4 is 10.1 Å². The number of para-hydroxylation sites is 3. The van der Waals surface area contributed by atoms with Gasteiger partial charge in [-0.3, -0.25) is 14.9 Å². The minimum Gasteiger partial charge on any atom is -0.477 e. The van der Waals surface area contributed by atoms with Crippen LogP contribution in [0.15, 0.2) is 85.1 Å². The lowest BCUT2D eigenvalue weighted by Crippen LogP contribution is -2.28. The molecular formula is C24H19FN4O4. The number of hydrogen-bond acceptors (Lipinski definition) is 5. The third-order valence-corrected chi connectivity index (χ3v) is 4.83. The molecule has 1 N–H and O–H groups in total. The molecule has 8 nitrogen and oxygen atoms in total. The number of carbonyl (C=O) groups excluding carboxylic acids is 1. The van der Waals surface area contributed by atoms with Gasteiger partial charge in [0, 0.05) is 29.9 Å². The maximum Gasteiger partial charge on any atom is 0.310 e. The zero-order valence-corrected chi connectivity index (χ0v) is 17.3. The highest BCUT2D eigenvalue weighted by molar-refractivity contribution is 5.78. The molecular weight excluding hydrogens is 427 g/mol. The van der Waals surface area contributed by atoms with Gasteiger partial charge in [-0.1, -0.05) is 30.3 Å². The van der Waals surface area contributed by atoms with Crippen LogP contribution >= 0.6 is 0 Å². The predicted molar refractivity (Wildman–Crippen MR) is 119 cm³/mol. The van der Waals surface area contributed by atoms with Crippen LogP contribution in [0, 0.1) is 15.9 Å². The van der Waals surface area contributed by atoms with Gasteiger partial charge in [-0.25, -0.2) is 9.07 Å². The molecule has 9 heteroatoms. The maximum atomic E-state index is 13.4. The fourth-order valence-corrected chi connectivity index (χ4v) is 3.22. The summed E-state index contributed by atoms with van der Waals surface area (Å²) in [5, 5.41) is 18.4. The number of carbonyl (C=O) groups is 1. The normalized spacial score (nSPS) is 10.6. The maximum absolute atomic E-state index is 13.4. The van der Waals surface area contributed by atoms with E-state index in [9.17, 15) is 19.3 Å². The van der Waals surface area contributed by atoms with Crippen LogP contribution in [-0.2, 0) is 11.3 Å². The Balaban J connectivity index is 1.50. The zero-order valence-electron chi connectivity index (χ0n) is 17.3. The molecule has 0 spiro atoms. The highest BCUT2D eigenvalue weighted by Crippen LogP contribution is 2.26. The van der Waals surface area contributed by atoms with E-state index in [4.69, 9.17) is 4.74 Å². The molecule has 0 aliphatic carbocycles. The first-order valence-electron chi connectivity index (χ1n) is 10.0. The topological polar surface area (TPSA) is 99.3 Å². The molecule has 4 rings (SSSR count). The molecule has 0 saturated carbocycles. The molecule has 0 unspecified atom stereocenters. The minimum atomic E-state index is -0.569. The van der Waals surface area contributed by atoms with Crippen LogP contribution in [-0.4, -0.2) is 27.2 Å². The second-order valence-corrected chi connectivity index (χ2v) is 7.08. The molecule has 0 atom stereocenters. The Bertz CT molecular complexity index is 1270. The quantitative estimate of drug-likeness (QED) is 0.322. The number of aromatic nitrogens is 2. The number of rotatable bonds is 8. The second kappa shape index (κ2) is 9.73. The predicted octanol–water partition coefficient (Wildman–Crippen LogP) is 4.28. The van der Waals surface area contributed by atoms with Crippen LogP contribution in [0.4, 0.5) is 10.1 Å². The van der Waals surface area contributed by atoms with Gasteiger partial charge < -0.3 is 10.1 Å². The lowest BCUT2D eigenvalue weighted by atomic mass is 10.1.